The van der Waals surface area contributed by atoms with Crippen molar-refractivity contribution in [3.05, 3.63) is 69.9 Å². The van der Waals surface area contributed by atoms with Crippen LogP contribution in [0.1, 0.15) is 16.5 Å². The van der Waals surface area contributed by atoms with Gasteiger partial charge in [0.2, 0.25) is 0 Å². The summed E-state index contributed by atoms with van der Waals surface area (Å²) in [6.45, 7) is 0. The Bertz CT molecular complexity index is 482. The van der Waals surface area contributed by atoms with Crippen molar-refractivity contribution in [2.75, 3.05) is 0 Å². The Morgan fingerprint density at radius 3 is 2.31 bits per heavy atom. The lowest BCUT2D eigenvalue weighted by atomic mass is 10.0. The Kier molecular flexibility index (Phi) is 3.62. The average Bonchev–Trinajstić information content (AvgIpc) is 2.29. The molecule has 82 valence electrons. The fourth-order valence-electron chi connectivity index (χ4n) is 1.49. The molecule has 2 rings (SSSR count). The maximum atomic E-state index is 12.8. The summed E-state index contributed by atoms with van der Waals surface area (Å²) in [5.41, 5.74) is 1.88. The van der Waals surface area contributed by atoms with Gasteiger partial charge in [-0.25, -0.2) is 4.39 Å². The minimum absolute atomic E-state index is 0.248. The van der Waals surface area contributed by atoms with Crippen LogP contribution in [-0.4, -0.2) is 0 Å². The molecule has 0 bridgehead atoms. The van der Waals surface area contributed by atoms with Crippen LogP contribution in [0.3, 0.4) is 0 Å². The van der Waals surface area contributed by atoms with Crippen molar-refractivity contribution in [2.24, 2.45) is 0 Å². The molecule has 0 heterocycles. The average molecular weight is 300 g/mol. The predicted molar refractivity (Wildman–Crippen MR) is 68.2 cm³/mol. The zero-order chi connectivity index (χ0) is 11.5. The van der Waals surface area contributed by atoms with Crippen LogP contribution < -0.4 is 0 Å². The van der Waals surface area contributed by atoms with Crippen LogP contribution >= 0.6 is 27.5 Å². The first-order valence-electron chi connectivity index (χ1n) is 4.82. The van der Waals surface area contributed by atoms with Gasteiger partial charge >= 0.3 is 0 Å². The first kappa shape index (κ1) is 11.6. The molecule has 0 unspecified atom stereocenters. The van der Waals surface area contributed by atoms with Crippen molar-refractivity contribution in [3.8, 4) is 0 Å². The molecule has 0 radical (unpaired) electrons. The van der Waals surface area contributed by atoms with E-state index in [0.717, 1.165) is 15.6 Å². The van der Waals surface area contributed by atoms with Crippen LogP contribution in [0.15, 0.2) is 53.0 Å². The molecule has 0 aliphatic carbocycles. The summed E-state index contributed by atoms with van der Waals surface area (Å²) < 4.78 is 13.8. The molecule has 16 heavy (non-hydrogen) atoms. The minimum atomic E-state index is -0.252. The summed E-state index contributed by atoms with van der Waals surface area (Å²) in [5.74, 6) is -0.248. The monoisotopic (exact) mass is 298 g/mol. The highest BCUT2D eigenvalue weighted by atomic mass is 79.9. The van der Waals surface area contributed by atoms with Gasteiger partial charge in [-0.3, -0.25) is 0 Å². The zero-order valence-corrected chi connectivity index (χ0v) is 10.7. The van der Waals surface area contributed by atoms with E-state index >= 15 is 0 Å². The first-order chi connectivity index (χ1) is 7.66. The summed E-state index contributed by atoms with van der Waals surface area (Å²) in [6.07, 6.45) is 0. The second-order valence-corrected chi connectivity index (χ2v) is 4.82. The number of alkyl halides is 1. The van der Waals surface area contributed by atoms with E-state index in [9.17, 15) is 4.39 Å². The predicted octanol–water partition coefficient (Wildman–Crippen LogP) is 4.92. The number of hydrogen-bond acceptors (Lipinski definition) is 0. The molecule has 0 spiro atoms. The lowest BCUT2D eigenvalue weighted by molar-refractivity contribution is 0.627. The van der Waals surface area contributed by atoms with E-state index < -0.39 is 0 Å². The molecular weight excluding hydrogens is 290 g/mol. The maximum absolute atomic E-state index is 12.8. The molecule has 0 aromatic heterocycles. The molecule has 2 aromatic rings. The topological polar surface area (TPSA) is 0 Å². The van der Waals surface area contributed by atoms with Gasteiger partial charge in [-0.15, -0.1) is 11.6 Å². The zero-order valence-electron chi connectivity index (χ0n) is 8.33. The van der Waals surface area contributed by atoms with Crippen molar-refractivity contribution in [1.29, 1.82) is 0 Å². The molecule has 0 saturated heterocycles. The van der Waals surface area contributed by atoms with Crippen LogP contribution in [0.2, 0.25) is 0 Å². The SMILES string of the molecule is Fc1ccc([C@@H](Cl)c2cccc(Br)c2)cc1. The Hall–Kier alpha value is -0.860. The van der Waals surface area contributed by atoms with Crippen molar-refractivity contribution in [3.63, 3.8) is 0 Å². The summed E-state index contributed by atoms with van der Waals surface area (Å²) in [4.78, 5) is 0. The highest BCUT2D eigenvalue weighted by Gasteiger charge is 2.10. The van der Waals surface area contributed by atoms with Crippen molar-refractivity contribution >= 4 is 27.5 Å². The Balaban J connectivity index is 2.31. The van der Waals surface area contributed by atoms with Crippen molar-refractivity contribution in [1.82, 2.24) is 0 Å². The number of halogens is 3. The van der Waals surface area contributed by atoms with Crippen molar-refractivity contribution < 1.29 is 4.39 Å². The lowest BCUT2D eigenvalue weighted by Crippen LogP contribution is -1.93. The Morgan fingerprint density at radius 1 is 1.00 bits per heavy atom. The van der Waals surface area contributed by atoms with E-state index in [1.807, 2.05) is 24.3 Å². The summed E-state index contributed by atoms with van der Waals surface area (Å²) >= 11 is 9.71. The molecule has 3 heteroatoms. The van der Waals surface area contributed by atoms with Gasteiger partial charge in [0.15, 0.2) is 0 Å². The van der Waals surface area contributed by atoms with E-state index in [2.05, 4.69) is 15.9 Å². The van der Waals surface area contributed by atoms with Crippen molar-refractivity contribution in [2.45, 2.75) is 5.38 Å². The molecule has 0 aliphatic rings. The summed E-state index contributed by atoms with van der Waals surface area (Å²) in [6, 6.07) is 14.0. The fourth-order valence-corrected chi connectivity index (χ4v) is 2.19. The highest BCUT2D eigenvalue weighted by molar-refractivity contribution is 9.10. The summed E-state index contributed by atoms with van der Waals surface area (Å²) in [7, 11) is 0. The van der Waals surface area contributed by atoms with Gasteiger partial charge in [0.25, 0.3) is 0 Å². The molecule has 0 N–H and O–H groups in total. The van der Waals surface area contributed by atoms with E-state index in [1.54, 1.807) is 12.1 Å². The first-order valence-corrected chi connectivity index (χ1v) is 6.05. The third-order valence-corrected chi connectivity index (χ3v) is 3.30. The molecular formula is C13H9BrClF. The van der Waals surface area contributed by atoms with Crippen LogP contribution in [0, 0.1) is 5.82 Å². The van der Waals surface area contributed by atoms with E-state index in [0.29, 0.717) is 0 Å². The van der Waals surface area contributed by atoms with Gasteiger partial charge in [-0.1, -0.05) is 40.2 Å². The quantitative estimate of drug-likeness (QED) is 0.691. The molecule has 0 amide bonds. The maximum Gasteiger partial charge on any atom is 0.123 e. The normalized spacial score (nSPS) is 12.4. The molecule has 0 aliphatic heterocycles. The van der Waals surface area contributed by atoms with E-state index in [4.69, 9.17) is 11.6 Å². The highest BCUT2D eigenvalue weighted by Crippen LogP contribution is 2.30. The van der Waals surface area contributed by atoms with Crippen LogP contribution in [0.25, 0.3) is 0 Å². The largest absolute Gasteiger partial charge is 0.207 e. The lowest BCUT2D eigenvalue weighted by Gasteiger charge is -2.10. The molecule has 1 atom stereocenters. The molecule has 0 fully saturated rings. The van der Waals surface area contributed by atoms with Crippen LogP contribution in [0.5, 0.6) is 0 Å². The van der Waals surface area contributed by atoms with Gasteiger partial charge in [0, 0.05) is 4.47 Å². The van der Waals surface area contributed by atoms with Gasteiger partial charge < -0.3 is 0 Å². The second-order valence-electron chi connectivity index (χ2n) is 3.47. The van der Waals surface area contributed by atoms with E-state index in [1.165, 1.54) is 12.1 Å². The Morgan fingerprint density at radius 2 is 1.69 bits per heavy atom. The molecule has 0 nitrogen and oxygen atoms in total. The van der Waals surface area contributed by atoms with Gasteiger partial charge in [0.05, 0.1) is 5.38 Å². The van der Waals surface area contributed by atoms with Crippen LogP contribution in [0.4, 0.5) is 4.39 Å². The third-order valence-electron chi connectivity index (χ3n) is 2.30. The molecule has 2 aromatic carbocycles. The Labute approximate surface area is 107 Å². The third kappa shape index (κ3) is 2.63. The van der Waals surface area contributed by atoms with Gasteiger partial charge in [0.1, 0.15) is 5.82 Å². The smallest absolute Gasteiger partial charge is 0.123 e. The summed E-state index contributed by atoms with van der Waals surface area (Å²) in [5, 5.41) is -0.252. The number of benzene rings is 2. The van der Waals surface area contributed by atoms with E-state index in [-0.39, 0.29) is 11.2 Å². The number of hydrogen-bond donors (Lipinski definition) is 0. The number of rotatable bonds is 2. The van der Waals surface area contributed by atoms with Gasteiger partial charge in [-0.2, -0.15) is 0 Å². The van der Waals surface area contributed by atoms with Gasteiger partial charge in [-0.05, 0) is 35.4 Å². The standard InChI is InChI=1S/C13H9BrClF/c14-11-3-1-2-10(8-11)13(15)9-4-6-12(16)7-5-9/h1-8,13H/t13-/m1/s1. The fraction of sp³-hybridized carbons (Fsp3) is 0.0769. The van der Waals surface area contributed by atoms with Crippen LogP contribution in [-0.2, 0) is 0 Å². The molecule has 0 saturated carbocycles. The second kappa shape index (κ2) is 4.98. The minimum Gasteiger partial charge on any atom is -0.207 e.